The maximum Gasteiger partial charge on any atom is 0.335 e. The fourth-order valence-corrected chi connectivity index (χ4v) is 2.72. The molecule has 0 amide bonds. The Morgan fingerprint density at radius 1 is 1.22 bits per heavy atom. The third-order valence-corrected chi connectivity index (χ3v) is 3.87. The van der Waals surface area contributed by atoms with Crippen molar-refractivity contribution < 1.29 is 19.4 Å². The molecule has 0 saturated heterocycles. The summed E-state index contributed by atoms with van der Waals surface area (Å²) in [5.74, 6) is -2.12. The summed E-state index contributed by atoms with van der Waals surface area (Å²) < 4.78 is 13.4. The number of aromatic carboxylic acids is 1. The lowest BCUT2D eigenvalue weighted by molar-refractivity contribution is 0.0697. The van der Waals surface area contributed by atoms with Crippen molar-refractivity contribution in [2.45, 2.75) is 0 Å². The smallest absolute Gasteiger partial charge is 0.335 e. The van der Waals surface area contributed by atoms with E-state index in [9.17, 15) is 14.3 Å². The van der Waals surface area contributed by atoms with Gasteiger partial charge in [0.15, 0.2) is 16.7 Å². The molecular weight excluding hydrogens is 319 g/mol. The second-order valence-electron chi connectivity index (χ2n) is 4.72. The minimum atomic E-state index is -1.01. The van der Waals surface area contributed by atoms with Crippen LogP contribution in [0.25, 0.3) is 11.3 Å². The molecule has 1 heterocycles. The second-order valence-corrected chi connectivity index (χ2v) is 5.57. The lowest BCUT2D eigenvalue weighted by Gasteiger charge is -2.03. The molecule has 0 spiro atoms. The summed E-state index contributed by atoms with van der Waals surface area (Å²) in [6.07, 6.45) is 0. The quantitative estimate of drug-likeness (QED) is 0.671. The maximum atomic E-state index is 13.4. The molecule has 0 fully saturated rings. The van der Waals surface area contributed by atoms with Gasteiger partial charge in [-0.05, 0) is 36.4 Å². The summed E-state index contributed by atoms with van der Waals surface area (Å²) in [6.45, 7) is 0. The molecule has 1 aromatic heterocycles. The number of carboxylic acid groups (broad SMARTS) is 1. The molecule has 0 saturated carbocycles. The first-order valence-corrected chi connectivity index (χ1v) is 7.46. The highest BCUT2D eigenvalue weighted by Gasteiger charge is 2.09. The van der Waals surface area contributed by atoms with E-state index >= 15 is 0 Å². The van der Waals surface area contributed by atoms with E-state index in [1.165, 1.54) is 35.6 Å². The summed E-state index contributed by atoms with van der Waals surface area (Å²) in [5.41, 5.74) is 1.88. The molecule has 0 unspecified atom stereocenters. The van der Waals surface area contributed by atoms with E-state index in [0.29, 0.717) is 22.1 Å². The number of hydrogen-bond donors (Lipinski definition) is 3. The predicted octanol–water partition coefficient (Wildman–Crippen LogP) is 4.10. The Morgan fingerprint density at radius 3 is 2.78 bits per heavy atom. The van der Waals surface area contributed by atoms with Crippen LogP contribution in [0.2, 0.25) is 0 Å². The lowest BCUT2D eigenvalue weighted by Crippen LogP contribution is -1.97. The third-order valence-electron chi connectivity index (χ3n) is 3.11. The molecule has 0 atom stereocenters. The number of halogens is 1. The molecule has 0 radical (unpaired) electrons. The van der Waals surface area contributed by atoms with Crippen LogP contribution < -0.4 is 5.32 Å². The van der Waals surface area contributed by atoms with E-state index in [1.807, 2.05) is 0 Å². The number of thiazole rings is 1. The van der Waals surface area contributed by atoms with E-state index in [0.717, 1.165) is 0 Å². The first kappa shape index (κ1) is 15.0. The summed E-state index contributed by atoms with van der Waals surface area (Å²) in [7, 11) is 0. The zero-order chi connectivity index (χ0) is 16.4. The van der Waals surface area contributed by atoms with Gasteiger partial charge >= 0.3 is 5.97 Å². The van der Waals surface area contributed by atoms with Crippen molar-refractivity contribution in [1.82, 2.24) is 4.98 Å². The average molecular weight is 330 g/mol. The van der Waals surface area contributed by atoms with Gasteiger partial charge in [-0.15, -0.1) is 11.3 Å². The molecule has 2 aromatic carbocycles. The first-order valence-electron chi connectivity index (χ1n) is 6.58. The molecule has 0 aliphatic rings. The van der Waals surface area contributed by atoms with Crippen LogP contribution in [-0.2, 0) is 0 Å². The molecule has 3 rings (SSSR count). The van der Waals surface area contributed by atoms with Gasteiger partial charge < -0.3 is 15.5 Å². The van der Waals surface area contributed by atoms with Gasteiger partial charge in [-0.3, -0.25) is 0 Å². The zero-order valence-electron chi connectivity index (χ0n) is 11.7. The molecule has 0 bridgehead atoms. The Bertz CT molecular complexity index is 879. The number of nitrogens with zero attached hydrogens (tertiary/aromatic N) is 1. The highest BCUT2D eigenvalue weighted by atomic mass is 32.1. The van der Waals surface area contributed by atoms with Crippen LogP contribution in [0.4, 0.5) is 15.2 Å². The topological polar surface area (TPSA) is 82.5 Å². The average Bonchev–Trinajstić information content (AvgIpc) is 2.99. The summed E-state index contributed by atoms with van der Waals surface area (Å²) in [5, 5.41) is 23.5. The molecule has 3 aromatic rings. The van der Waals surface area contributed by atoms with Crippen molar-refractivity contribution in [2.24, 2.45) is 0 Å². The van der Waals surface area contributed by atoms with Crippen molar-refractivity contribution in [1.29, 1.82) is 0 Å². The van der Waals surface area contributed by atoms with Crippen molar-refractivity contribution in [3.05, 3.63) is 59.2 Å². The second kappa shape index (κ2) is 6.05. The van der Waals surface area contributed by atoms with Crippen molar-refractivity contribution >= 4 is 28.1 Å². The van der Waals surface area contributed by atoms with Gasteiger partial charge in [0.05, 0.1) is 11.3 Å². The Hall–Kier alpha value is -2.93. The zero-order valence-corrected chi connectivity index (χ0v) is 12.5. The molecule has 116 valence electrons. The van der Waals surface area contributed by atoms with E-state index in [4.69, 9.17) is 5.11 Å². The van der Waals surface area contributed by atoms with Gasteiger partial charge in [0, 0.05) is 16.6 Å². The molecular formula is C16H11FN2O3S. The van der Waals surface area contributed by atoms with Gasteiger partial charge in [-0.2, -0.15) is 0 Å². The highest BCUT2D eigenvalue weighted by molar-refractivity contribution is 7.14. The van der Waals surface area contributed by atoms with Gasteiger partial charge in [0.2, 0.25) is 0 Å². The number of benzene rings is 2. The van der Waals surface area contributed by atoms with E-state index in [-0.39, 0.29) is 5.56 Å². The predicted molar refractivity (Wildman–Crippen MR) is 85.9 cm³/mol. The Balaban J connectivity index is 1.83. The van der Waals surface area contributed by atoms with Crippen LogP contribution in [0.5, 0.6) is 5.75 Å². The van der Waals surface area contributed by atoms with Crippen molar-refractivity contribution in [3.63, 3.8) is 0 Å². The molecule has 0 aliphatic heterocycles. The number of hydrogen-bond acceptors (Lipinski definition) is 5. The van der Waals surface area contributed by atoms with Crippen molar-refractivity contribution in [2.75, 3.05) is 5.32 Å². The standard InChI is InChI=1S/C16H11FN2O3S/c17-12-7-9(4-5-14(12)20)13-8-23-16(19-13)18-11-3-1-2-10(6-11)15(21)22/h1-8,20H,(H,18,19)(H,21,22). The van der Waals surface area contributed by atoms with Gasteiger partial charge in [0.25, 0.3) is 0 Å². The van der Waals surface area contributed by atoms with Gasteiger partial charge in [0.1, 0.15) is 0 Å². The molecule has 0 aliphatic carbocycles. The number of aromatic hydroxyl groups is 1. The number of rotatable bonds is 4. The van der Waals surface area contributed by atoms with Gasteiger partial charge in [-0.1, -0.05) is 6.07 Å². The van der Waals surface area contributed by atoms with E-state index in [1.54, 1.807) is 23.6 Å². The molecule has 3 N–H and O–H groups in total. The Morgan fingerprint density at radius 2 is 2.04 bits per heavy atom. The monoisotopic (exact) mass is 330 g/mol. The van der Waals surface area contributed by atoms with Crippen LogP contribution in [0.3, 0.4) is 0 Å². The molecule has 5 nitrogen and oxygen atoms in total. The van der Waals surface area contributed by atoms with E-state index in [2.05, 4.69) is 10.3 Å². The molecule has 23 heavy (non-hydrogen) atoms. The lowest BCUT2D eigenvalue weighted by atomic mass is 10.1. The number of nitrogens with one attached hydrogen (secondary N) is 1. The van der Waals surface area contributed by atoms with E-state index < -0.39 is 17.5 Å². The number of phenolic OH excluding ortho intramolecular Hbond substituents is 1. The minimum absolute atomic E-state index is 0.174. The fraction of sp³-hybridized carbons (Fsp3) is 0. The third kappa shape index (κ3) is 3.29. The minimum Gasteiger partial charge on any atom is -0.505 e. The Kier molecular flexibility index (Phi) is 3.94. The van der Waals surface area contributed by atoms with Gasteiger partial charge in [-0.25, -0.2) is 14.2 Å². The summed E-state index contributed by atoms with van der Waals surface area (Å²) >= 11 is 1.31. The normalized spacial score (nSPS) is 10.5. The van der Waals surface area contributed by atoms with Crippen LogP contribution >= 0.6 is 11.3 Å². The van der Waals surface area contributed by atoms with Crippen LogP contribution in [-0.4, -0.2) is 21.2 Å². The molecule has 7 heteroatoms. The highest BCUT2D eigenvalue weighted by Crippen LogP contribution is 2.29. The summed E-state index contributed by atoms with van der Waals surface area (Å²) in [4.78, 5) is 15.3. The van der Waals surface area contributed by atoms with Crippen LogP contribution in [0.1, 0.15) is 10.4 Å². The maximum absolute atomic E-state index is 13.4. The number of carbonyl (C=O) groups is 1. The number of aromatic nitrogens is 1. The first-order chi connectivity index (χ1) is 11.0. The van der Waals surface area contributed by atoms with Crippen molar-refractivity contribution in [3.8, 4) is 17.0 Å². The Labute approximate surface area is 134 Å². The summed E-state index contributed by atoms with van der Waals surface area (Å²) in [6, 6.07) is 10.4. The van der Waals surface area contributed by atoms with Crippen LogP contribution in [0.15, 0.2) is 47.8 Å². The number of phenols is 1. The SMILES string of the molecule is O=C(O)c1cccc(Nc2nc(-c3ccc(O)c(F)c3)cs2)c1. The van der Waals surface area contributed by atoms with Crippen LogP contribution in [0, 0.1) is 5.82 Å². The fourth-order valence-electron chi connectivity index (χ4n) is 1.98. The largest absolute Gasteiger partial charge is 0.505 e. The number of anilines is 2. The number of carboxylic acids is 1.